The van der Waals surface area contributed by atoms with Crippen molar-refractivity contribution in [3.05, 3.63) is 156 Å². The molecule has 131 heavy (non-hydrogen) atoms. The van der Waals surface area contributed by atoms with Crippen LogP contribution in [0.25, 0.3) is 52.2 Å². The van der Waals surface area contributed by atoms with Crippen LogP contribution in [0.2, 0.25) is 0 Å². The number of nitrogens with zero attached hydrogens (tertiary/aromatic N) is 15. The summed E-state index contributed by atoms with van der Waals surface area (Å²) < 4.78 is 1.61. The van der Waals surface area contributed by atoms with Crippen LogP contribution in [-0.2, 0) is 85.3 Å². The lowest BCUT2D eigenvalue weighted by Crippen LogP contribution is -2.57. The minimum Gasteiger partial charge on any atom is -0.481 e. The van der Waals surface area contributed by atoms with Gasteiger partial charge < -0.3 is 72.3 Å². The Hall–Kier alpha value is -11.9. The van der Waals surface area contributed by atoms with Gasteiger partial charge in [0.15, 0.2) is 0 Å². The van der Waals surface area contributed by atoms with E-state index in [0.717, 1.165) is 65.1 Å². The zero-order chi connectivity index (χ0) is 96.9. The highest BCUT2D eigenvalue weighted by atomic mass is 32.1. The number of aromatic nitrogens is 6. The van der Waals surface area contributed by atoms with Gasteiger partial charge in [0.25, 0.3) is 0 Å². The van der Waals surface area contributed by atoms with Crippen molar-refractivity contribution in [1.82, 2.24) is 65.9 Å². The number of aliphatic hydroxyl groups is 3. The summed E-state index contributed by atoms with van der Waals surface area (Å²) in [6, 6.07) is 19.7. The molecule has 3 aliphatic heterocycles. The number of carboxylic acids is 3. The van der Waals surface area contributed by atoms with Crippen LogP contribution in [0.3, 0.4) is 0 Å². The van der Waals surface area contributed by atoms with Crippen molar-refractivity contribution < 1.29 is 83.4 Å². The number of aliphatic hydroxyl groups excluding tert-OH is 3. The summed E-state index contributed by atoms with van der Waals surface area (Å²) in [6.45, 7) is 24.8. The Morgan fingerprint density at radius 1 is 0.527 bits per heavy atom. The molecule has 37 nitrogen and oxygen atoms in total. The zero-order valence-corrected chi connectivity index (χ0v) is 78.8. The number of terminal acetylenes is 1. The summed E-state index contributed by atoms with van der Waals surface area (Å²) in [5.74, 6) is -3.16. The lowest BCUT2D eigenvalue weighted by molar-refractivity contribution is -0.146. The highest BCUT2D eigenvalue weighted by Crippen LogP contribution is 2.36. The van der Waals surface area contributed by atoms with Crippen molar-refractivity contribution >= 4 is 99.1 Å². The molecule has 3 saturated heterocycles. The molecule has 708 valence electrons. The van der Waals surface area contributed by atoms with Gasteiger partial charge in [0.05, 0.1) is 78.3 Å². The second kappa shape index (κ2) is 52.8. The van der Waals surface area contributed by atoms with Crippen LogP contribution in [0.5, 0.6) is 0 Å². The van der Waals surface area contributed by atoms with E-state index in [-0.39, 0.29) is 138 Å². The number of benzene rings is 3. The minimum atomic E-state index is -0.907. The number of amides is 7. The van der Waals surface area contributed by atoms with E-state index < -0.39 is 94.5 Å². The number of Topliss-reactive ketones (excluding diaryl/α,β-unsaturated/α-hetero) is 1. The van der Waals surface area contributed by atoms with Gasteiger partial charge in [0.2, 0.25) is 41.4 Å². The van der Waals surface area contributed by atoms with Crippen molar-refractivity contribution in [2.24, 2.45) is 38.1 Å². The SMILES string of the molecule is C#CCCCC(=O)O.Cc1ncsc1-c1ccc(CNC(=O)[C@@H]2C[C@@H](O)CN2C(=O)[C@@H](CC(=O)CCCN=[N+]=[N-])C(C)(C)C)cc1.Cc1ncsc1-c1ccc(CNC(=O)[C@@H]2C[C@@H](O)CN2C(=O)[C@@H](N)C(C)(C)C)cc1.Cc1ncsc1-c1ccc(CNC(=O)[C@@H]2C[C@@H](O)CN2C(=O)[C@@H](NC(=O)CCCn2cc(CCCC(=O)O)nn2)C(C)(C)C)cc1.[N-]=[N+]=NCCCC(=O)O. The third-order valence-corrected chi connectivity index (χ3v) is 24.6. The van der Waals surface area contributed by atoms with Crippen molar-refractivity contribution in [2.75, 3.05) is 32.7 Å². The number of β-amino-alcohol motifs (C(OH)–C–C–N with tert-alkyl or cyclic N) is 3. The zero-order valence-electron chi connectivity index (χ0n) is 76.4. The lowest BCUT2D eigenvalue weighted by atomic mass is 9.76. The Bertz CT molecular complexity index is 5090. The summed E-state index contributed by atoms with van der Waals surface area (Å²) in [4.78, 5) is 161. The first kappa shape index (κ1) is 108. The molecule has 3 aromatic carbocycles. The summed E-state index contributed by atoms with van der Waals surface area (Å²) in [6.07, 6.45) is 8.83. The molecule has 9 atom stereocenters. The van der Waals surface area contributed by atoms with Crippen LogP contribution in [0.15, 0.2) is 106 Å². The first-order valence-electron chi connectivity index (χ1n) is 43.3. The Balaban J connectivity index is 0.000000281. The van der Waals surface area contributed by atoms with E-state index >= 15 is 0 Å². The fourth-order valence-electron chi connectivity index (χ4n) is 14.3. The molecular weight excluding hydrogens is 1740 g/mol. The van der Waals surface area contributed by atoms with Gasteiger partial charge in [-0.2, -0.15) is 0 Å². The molecule has 7 amide bonds. The molecule has 0 unspecified atom stereocenters. The number of carboxylic acid groups (broad SMARTS) is 3. The molecule has 0 radical (unpaired) electrons. The molecule has 3 fully saturated rings. The monoisotopic (exact) mass is 1860 g/mol. The molecule has 0 saturated carbocycles. The quantitative estimate of drug-likeness (QED) is 0.00566. The number of azide groups is 2. The Kier molecular flexibility index (Phi) is 43.5. The normalized spacial score (nSPS) is 16.9. The highest BCUT2D eigenvalue weighted by Gasteiger charge is 2.47. The summed E-state index contributed by atoms with van der Waals surface area (Å²) in [5, 5.41) is 82.1. The third-order valence-electron chi connectivity index (χ3n) is 21.7. The number of nitrogens with one attached hydrogen (secondary N) is 4. The second-order valence-corrected chi connectivity index (χ2v) is 38.0. The van der Waals surface area contributed by atoms with E-state index in [9.17, 15) is 68.1 Å². The minimum absolute atomic E-state index is 0.00334. The molecular formula is C91H124N20O17S3. The van der Waals surface area contributed by atoms with Crippen molar-refractivity contribution in [2.45, 2.75) is 261 Å². The van der Waals surface area contributed by atoms with Gasteiger partial charge in [-0.15, -0.1) is 51.5 Å². The molecule has 3 aliphatic rings. The fourth-order valence-corrected chi connectivity index (χ4v) is 16.7. The van der Waals surface area contributed by atoms with Crippen LogP contribution in [0.1, 0.15) is 198 Å². The summed E-state index contributed by atoms with van der Waals surface area (Å²) in [7, 11) is 0. The van der Waals surface area contributed by atoms with Crippen LogP contribution >= 0.6 is 34.0 Å². The van der Waals surface area contributed by atoms with Gasteiger partial charge >= 0.3 is 17.9 Å². The molecule has 0 bridgehead atoms. The van der Waals surface area contributed by atoms with Crippen molar-refractivity contribution in [3.63, 3.8) is 0 Å². The van der Waals surface area contributed by atoms with Gasteiger partial charge in [-0.3, -0.25) is 57.4 Å². The van der Waals surface area contributed by atoms with Crippen molar-refractivity contribution in [1.29, 1.82) is 0 Å². The van der Waals surface area contributed by atoms with E-state index in [1.165, 1.54) is 14.7 Å². The summed E-state index contributed by atoms with van der Waals surface area (Å²) in [5.41, 5.74) is 35.7. The van der Waals surface area contributed by atoms with Crippen LogP contribution in [-0.4, -0.2) is 222 Å². The number of nitrogens with two attached hydrogens (primary N) is 1. The van der Waals surface area contributed by atoms with Crippen LogP contribution in [0, 0.1) is 55.3 Å². The highest BCUT2D eigenvalue weighted by molar-refractivity contribution is 7.14. The maximum absolute atomic E-state index is 13.8. The predicted molar refractivity (Wildman–Crippen MR) is 496 cm³/mol. The lowest BCUT2D eigenvalue weighted by Gasteiger charge is -2.35. The average molecular weight is 1870 g/mol. The molecule has 40 heteroatoms. The number of aryl methyl sites for hydroxylation is 5. The Morgan fingerprint density at radius 3 is 1.27 bits per heavy atom. The van der Waals surface area contributed by atoms with Gasteiger partial charge in [0, 0.05) is 145 Å². The first-order chi connectivity index (χ1) is 61.9. The number of carbonyl (C=O) groups excluding carboxylic acids is 8. The molecule has 7 heterocycles. The number of likely N-dealkylation sites (tertiary alicyclic amines) is 3. The molecule has 10 rings (SSSR count). The smallest absolute Gasteiger partial charge is 0.303 e. The van der Waals surface area contributed by atoms with Gasteiger partial charge in [-0.05, 0) is 120 Å². The van der Waals surface area contributed by atoms with E-state index in [0.29, 0.717) is 70.3 Å². The number of hydrogen-bond acceptors (Lipinski definition) is 25. The second-order valence-electron chi connectivity index (χ2n) is 35.4. The number of carbonyl (C=O) groups is 11. The number of aliphatic carboxylic acids is 3. The van der Waals surface area contributed by atoms with E-state index in [1.54, 1.807) is 44.9 Å². The fraction of sp³-hybridized carbons (Fsp3) is 0.538. The van der Waals surface area contributed by atoms with Crippen LogP contribution in [0.4, 0.5) is 0 Å². The Labute approximate surface area is 774 Å². The van der Waals surface area contributed by atoms with Gasteiger partial charge in [-0.1, -0.05) is 151 Å². The number of unbranched alkanes of at least 4 members (excludes halogenated alkanes) is 1. The largest absolute Gasteiger partial charge is 0.481 e. The molecule has 7 aromatic rings. The van der Waals surface area contributed by atoms with Crippen LogP contribution < -0.4 is 27.0 Å². The van der Waals surface area contributed by atoms with Gasteiger partial charge in [0.1, 0.15) is 30.0 Å². The Morgan fingerprint density at radius 2 is 0.908 bits per heavy atom. The first-order valence-corrected chi connectivity index (χ1v) is 45.9. The molecule has 0 spiro atoms. The van der Waals surface area contributed by atoms with Crippen molar-refractivity contribution in [3.8, 4) is 43.7 Å². The van der Waals surface area contributed by atoms with E-state index in [4.69, 9.17) is 38.5 Å². The average Bonchev–Trinajstić information content (AvgIpc) is 1.69. The third kappa shape index (κ3) is 35.7. The molecule has 0 aliphatic carbocycles. The van der Waals surface area contributed by atoms with Gasteiger partial charge in [-0.25, -0.2) is 15.0 Å². The maximum atomic E-state index is 13.8. The number of rotatable bonds is 37. The maximum Gasteiger partial charge on any atom is 0.303 e. The predicted octanol–water partition coefficient (Wildman–Crippen LogP) is 11.2. The number of ketones is 1. The standard InChI is InChI=1S/C32H43N7O6S.C27H36N6O4S.C22H30N4O3S.C6H8O2.C4H7N3O2/c1-20-28(46-19-34-20)22-12-10-21(11-13-22)16-33-30(44)25-15-24(40)18-39(25)31(45)29(32(2,3)4)35-26(41)8-6-14-38-17-23(36-37-38)7-5-9-27(42)43;1-17-24(38-16-30-17)19-9-7-18(8-10-19)14-29-25(36)23-13-21(35)15-33(23)26(37)22(27(2,3)4)12-20(34)6-5-11-31-32-28;1-13-18(30-12-25-13)15-7-5-14(6-8-15)10-24-20(28)17-9-16(27)11-26(17)21(29)19(23)22(2,3)4;1-2-3-4-5-6(7)8;5-7-6-3-1-2-4(8)9/h10-13,17,19,24-25,29,40H,5-9,14-16,18H2,1-4H3,(H,33,44)(H,35,41)(H,42,43);7-10,16,21-23,35H,5-6,11-15H2,1-4H3,(H,29,36);5-8,12,16-17,19,27H,9-11,23H2,1-4H3,(H,24,28);1H,3-5H2,(H,7,8);1-3H2,(H,8,9)/t24-,25+,29-;21-,22-,23+;16-,17+,19-;;/m111../s1. The number of thiazole rings is 3. The summed E-state index contributed by atoms with van der Waals surface area (Å²) >= 11 is 4.75. The van der Waals surface area contributed by atoms with E-state index in [2.05, 4.69) is 72.5 Å². The molecule has 4 aromatic heterocycles. The number of hydrogen-bond donors (Lipinski definition) is 11. The molecule has 12 N–H and O–H groups in total. The van der Waals surface area contributed by atoms with E-state index in [1.807, 2.05) is 172 Å². The topological polar surface area (TPSA) is 560 Å².